The average molecular weight is 220 g/mol. The van der Waals surface area contributed by atoms with Gasteiger partial charge in [-0.3, -0.25) is 0 Å². The van der Waals surface area contributed by atoms with E-state index in [4.69, 9.17) is 4.74 Å². The molecule has 1 heteroatoms. The quantitative estimate of drug-likeness (QED) is 0.566. The summed E-state index contributed by atoms with van der Waals surface area (Å²) in [5.41, 5.74) is 1.66. The van der Waals surface area contributed by atoms with Crippen LogP contribution >= 0.6 is 0 Å². The van der Waals surface area contributed by atoms with Gasteiger partial charge in [0.25, 0.3) is 0 Å². The fourth-order valence-corrected chi connectivity index (χ4v) is 6.02. The second-order valence-corrected chi connectivity index (χ2v) is 8.06. The van der Waals surface area contributed by atoms with Crippen LogP contribution in [0.4, 0.5) is 0 Å². The van der Waals surface area contributed by atoms with Crippen molar-refractivity contribution in [1.29, 1.82) is 0 Å². The lowest BCUT2D eigenvalue weighted by molar-refractivity contribution is 0.0340. The molecule has 1 aliphatic heterocycles. The summed E-state index contributed by atoms with van der Waals surface area (Å²) in [5, 5.41) is 0. The molecule has 0 aromatic rings. The minimum atomic E-state index is 0.173. The van der Waals surface area contributed by atoms with E-state index >= 15 is 0 Å². The summed E-state index contributed by atoms with van der Waals surface area (Å²) in [6.45, 7) is 9.74. The Morgan fingerprint density at radius 1 is 0.875 bits per heavy atom. The van der Waals surface area contributed by atoms with E-state index in [-0.39, 0.29) is 11.2 Å². The zero-order valence-corrected chi connectivity index (χ0v) is 11.1. The van der Waals surface area contributed by atoms with Gasteiger partial charge in [0.2, 0.25) is 0 Å². The Balaban J connectivity index is 1.89. The molecule has 4 rings (SSSR count). The molecule has 0 aromatic carbocycles. The van der Waals surface area contributed by atoms with Gasteiger partial charge in [-0.2, -0.15) is 0 Å². The first-order chi connectivity index (χ1) is 7.34. The van der Waals surface area contributed by atoms with Gasteiger partial charge in [0.15, 0.2) is 0 Å². The molecule has 3 aliphatic carbocycles. The summed E-state index contributed by atoms with van der Waals surface area (Å²) < 4.78 is 6.33. The largest absolute Gasteiger partial charge is 0.362 e. The fraction of sp³-hybridized carbons (Fsp3) is 1.00. The molecule has 0 amide bonds. The summed E-state index contributed by atoms with van der Waals surface area (Å²) in [5.74, 6) is 1.71. The number of rotatable bonds is 0. The highest BCUT2D eigenvalue weighted by Crippen LogP contribution is 2.79. The van der Waals surface area contributed by atoms with Gasteiger partial charge >= 0.3 is 0 Å². The van der Waals surface area contributed by atoms with E-state index in [1.54, 1.807) is 0 Å². The lowest BCUT2D eigenvalue weighted by Gasteiger charge is -2.44. The summed E-state index contributed by atoms with van der Waals surface area (Å²) >= 11 is 0. The molecule has 5 atom stereocenters. The van der Waals surface area contributed by atoms with E-state index in [1.807, 2.05) is 0 Å². The predicted octanol–water partition coefficient (Wildman–Crippen LogP) is 3.77. The third-order valence-corrected chi connectivity index (χ3v) is 6.98. The minimum Gasteiger partial charge on any atom is -0.362 e. The third-order valence-electron chi connectivity index (χ3n) is 6.98. The molecule has 4 fully saturated rings. The van der Waals surface area contributed by atoms with Crippen molar-refractivity contribution in [3.63, 3.8) is 0 Å². The molecule has 90 valence electrons. The van der Waals surface area contributed by atoms with Crippen LogP contribution in [0, 0.1) is 22.7 Å². The summed E-state index contributed by atoms with van der Waals surface area (Å²) in [6, 6.07) is 0. The topological polar surface area (TPSA) is 12.5 Å². The van der Waals surface area contributed by atoms with Gasteiger partial charge in [-0.1, -0.05) is 13.8 Å². The Morgan fingerprint density at radius 2 is 1.50 bits per heavy atom. The van der Waals surface area contributed by atoms with Gasteiger partial charge in [0.1, 0.15) is 5.60 Å². The third kappa shape index (κ3) is 0.776. The maximum absolute atomic E-state index is 6.33. The Hall–Kier alpha value is -0.0400. The van der Waals surface area contributed by atoms with Crippen LogP contribution in [0.25, 0.3) is 0 Å². The standard InChI is InChI=1S/C15H24O/c1-12(2)15(16-12)10-5-6-13(3)7-8-14(10,4)9-11(13)15/h10-11H,5-9H2,1-4H3. The highest BCUT2D eigenvalue weighted by Gasteiger charge is 2.82. The van der Waals surface area contributed by atoms with Gasteiger partial charge in [0.05, 0.1) is 5.60 Å². The van der Waals surface area contributed by atoms with Crippen molar-refractivity contribution in [1.82, 2.24) is 0 Å². The molecule has 16 heavy (non-hydrogen) atoms. The minimum absolute atomic E-state index is 0.173. The molecule has 3 bridgehead atoms. The lowest BCUT2D eigenvalue weighted by Crippen LogP contribution is -2.45. The van der Waals surface area contributed by atoms with E-state index in [1.165, 1.54) is 32.1 Å². The van der Waals surface area contributed by atoms with E-state index < -0.39 is 0 Å². The first-order valence-electron chi connectivity index (χ1n) is 7.04. The van der Waals surface area contributed by atoms with Crippen molar-refractivity contribution in [2.45, 2.75) is 71.0 Å². The number of hydrogen-bond donors (Lipinski definition) is 0. The molecule has 0 aromatic heterocycles. The van der Waals surface area contributed by atoms with Gasteiger partial charge in [-0.05, 0) is 68.6 Å². The van der Waals surface area contributed by atoms with Crippen molar-refractivity contribution in [2.75, 3.05) is 0 Å². The van der Waals surface area contributed by atoms with Gasteiger partial charge in [0, 0.05) is 0 Å². The van der Waals surface area contributed by atoms with Crippen molar-refractivity contribution in [3.8, 4) is 0 Å². The highest BCUT2D eigenvalue weighted by atomic mass is 16.6. The van der Waals surface area contributed by atoms with Crippen LogP contribution in [-0.4, -0.2) is 11.2 Å². The van der Waals surface area contributed by atoms with Gasteiger partial charge in [-0.25, -0.2) is 0 Å². The number of fused-ring (bicyclic) bond motifs is 2. The molecule has 4 aliphatic rings. The van der Waals surface area contributed by atoms with Crippen LogP contribution in [0.5, 0.6) is 0 Å². The van der Waals surface area contributed by atoms with Crippen molar-refractivity contribution in [2.24, 2.45) is 22.7 Å². The molecule has 0 radical (unpaired) electrons. The Kier molecular flexibility index (Phi) is 1.40. The van der Waals surface area contributed by atoms with Crippen LogP contribution < -0.4 is 0 Å². The number of hydrogen-bond acceptors (Lipinski definition) is 1. The van der Waals surface area contributed by atoms with Crippen molar-refractivity contribution < 1.29 is 4.74 Å². The molecule has 1 spiro atoms. The molecular weight excluding hydrogens is 196 g/mol. The molecule has 1 heterocycles. The van der Waals surface area contributed by atoms with Crippen LogP contribution in [0.15, 0.2) is 0 Å². The molecule has 1 saturated heterocycles. The zero-order chi connectivity index (χ0) is 11.4. The van der Waals surface area contributed by atoms with Gasteiger partial charge < -0.3 is 4.74 Å². The maximum atomic E-state index is 6.33. The normalized spacial score (nSPS) is 65.2. The molecular formula is C15H24O. The van der Waals surface area contributed by atoms with Gasteiger partial charge in [-0.15, -0.1) is 0 Å². The van der Waals surface area contributed by atoms with Crippen LogP contribution in [0.1, 0.15) is 59.8 Å². The summed E-state index contributed by atoms with van der Waals surface area (Å²) in [4.78, 5) is 0. The summed E-state index contributed by atoms with van der Waals surface area (Å²) in [6.07, 6.45) is 7.22. The summed E-state index contributed by atoms with van der Waals surface area (Å²) in [7, 11) is 0. The van der Waals surface area contributed by atoms with Crippen LogP contribution in [0.2, 0.25) is 0 Å². The molecule has 5 unspecified atom stereocenters. The monoisotopic (exact) mass is 220 g/mol. The Labute approximate surface area is 98.9 Å². The van der Waals surface area contributed by atoms with E-state index in [0.29, 0.717) is 10.8 Å². The lowest BCUT2D eigenvalue weighted by atomic mass is 9.59. The van der Waals surface area contributed by atoms with E-state index in [2.05, 4.69) is 27.7 Å². The molecule has 0 N–H and O–H groups in total. The average Bonchev–Trinajstić information content (AvgIpc) is 2.72. The van der Waals surface area contributed by atoms with Crippen LogP contribution in [0.3, 0.4) is 0 Å². The fourth-order valence-electron chi connectivity index (χ4n) is 6.02. The van der Waals surface area contributed by atoms with E-state index in [0.717, 1.165) is 11.8 Å². The van der Waals surface area contributed by atoms with Crippen molar-refractivity contribution in [3.05, 3.63) is 0 Å². The number of epoxide rings is 1. The smallest absolute Gasteiger partial charge is 0.104 e. The van der Waals surface area contributed by atoms with Crippen LogP contribution in [-0.2, 0) is 4.74 Å². The second kappa shape index (κ2) is 2.25. The Morgan fingerprint density at radius 3 is 2.12 bits per heavy atom. The second-order valence-electron chi connectivity index (χ2n) is 8.06. The Bertz CT molecular complexity index is 370. The van der Waals surface area contributed by atoms with Crippen molar-refractivity contribution >= 4 is 0 Å². The maximum Gasteiger partial charge on any atom is 0.104 e. The molecule has 1 nitrogen and oxygen atoms in total. The zero-order valence-electron chi connectivity index (χ0n) is 11.1. The SMILES string of the molecule is CC12CCC3C(C)(CC1)CC2C31OC1(C)C. The molecule has 3 saturated carbocycles. The predicted molar refractivity (Wildman–Crippen MR) is 64.2 cm³/mol. The van der Waals surface area contributed by atoms with E-state index in [9.17, 15) is 0 Å². The first kappa shape index (κ1) is 9.94. The number of ether oxygens (including phenoxy) is 1. The highest BCUT2D eigenvalue weighted by molar-refractivity contribution is 5.30. The first-order valence-corrected chi connectivity index (χ1v) is 7.04.